The van der Waals surface area contributed by atoms with Crippen LogP contribution in [0.4, 0.5) is 5.82 Å². The average Bonchev–Trinajstić information content (AvgIpc) is 3.44. The van der Waals surface area contributed by atoms with Gasteiger partial charge in [-0.05, 0) is 55.3 Å². The summed E-state index contributed by atoms with van der Waals surface area (Å²) < 4.78 is 9.09. The average molecular weight is 474 g/mol. The number of fused-ring (bicyclic) bond motifs is 1. The van der Waals surface area contributed by atoms with Crippen LogP contribution in [0.5, 0.6) is 11.5 Å². The topological polar surface area (TPSA) is 116 Å². The maximum atomic E-state index is 13.7. The minimum atomic E-state index is -0.252. The maximum Gasteiger partial charge on any atom is 0.333 e. The number of benzene rings is 2. The number of para-hydroxylation sites is 1. The number of aromatic nitrogens is 3. The van der Waals surface area contributed by atoms with Gasteiger partial charge in [0.1, 0.15) is 22.8 Å². The van der Waals surface area contributed by atoms with Crippen LogP contribution in [-0.4, -0.2) is 49.2 Å². The summed E-state index contributed by atoms with van der Waals surface area (Å²) >= 11 is 0. The van der Waals surface area contributed by atoms with E-state index in [0.29, 0.717) is 35.6 Å². The number of hydrogen-bond donors (Lipinski definition) is 2. The number of nitrogen functional groups attached to an aromatic ring is 1. The summed E-state index contributed by atoms with van der Waals surface area (Å²) in [5.74, 6) is 1.52. The van der Waals surface area contributed by atoms with Gasteiger partial charge in [0.15, 0.2) is 0 Å². The molecule has 3 heterocycles. The minimum absolute atomic E-state index is 0.0847. The van der Waals surface area contributed by atoms with Gasteiger partial charge in [-0.1, -0.05) is 18.2 Å². The van der Waals surface area contributed by atoms with Crippen molar-refractivity contribution in [2.24, 2.45) is 0 Å². The molecule has 5 rings (SSSR count). The number of ether oxygens (including phenoxy) is 1. The lowest BCUT2D eigenvalue weighted by molar-refractivity contribution is -0.132. The van der Waals surface area contributed by atoms with Crippen molar-refractivity contribution in [3.8, 4) is 17.2 Å². The smallest absolute Gasteiger partial charge is 0.333 e. The molecule has 1 amide bonds. The molecule has 35 heavy (non-hydrogen) atoms. The van der Waals surface area contributed by atoms with E-state index in [4.69, 9.17) is 10.5 Å². The third kappa shape index (κ3) is 4.38. The highest BCUT2D eigenvalue weighted by molar-refractivity contribution is 5.87. The van der Waals surface area contributed by atoms with Gasteiger partial charge < -0.3 is 20.5 Å². The molecular formula is C26H27N5O4. The van der Waals surface area contributed by atoms with Crippen LogP contribution in [0.25, 0.3) is 16.7 Å². The lowest BCUT2D eigenvalue weighted by atomic mass is 10.2. The number of likely N-dealkylation sites (tertiary alicyclic amines) is 1. The highest BCUT2D eigenvalue weighted by atomic mass is 16.5. The maximum absolute atomic E-state index is 13.7. The van der Waals surface area contributed by atoms with Crippen LogP contribution in [0.3, 0.4) is 0 Å². The Labute approximate surface area is 202 Å². The molecule has 1 aliphatic heterocycles. The van der Waals surface area contributed by atoms with Crippen molar-refractivity contribution in [1.82, 2.24) is 19.0 Å². The van der Waals surface area contributed by atoms with Gasteiger partial charge in [0.05, 0.1) is 17.8 Å². The Morgan fingerprint density at radius 1 is 1.09 bits per heavy atom. The Hall–Kier alpha value is -4.11. The third-order valence-electron chi connectivity index (χ3n) is 6.36. The number of aliphatic hydroxyl groups excluding tert-OH is 1. The Balaban J connectivity index is 1.51. The van der Waals surface area contributed by atoms with Gasteiger partial charge in [0, 0.05) is 31.7 Å². The second-order valence-corrected chi connectivity index (χ2v) is 8.56. The Morgan fingerprint density at radius 2 is 1.83 bits per heavy atom. The molecule has 0 aliphatic carbocycles. The number of nitrogens with two attached hydrogens (primary N) is 1. The molecule has 2 aromatic carbocycles. The number of rotatable bonds is 7. The summed E-state index contributed by atoms with van der Waals surface area (Å²) in [4.78, 5) is 32.1. The molecule has 3 N–H and O–H groups in total. The van der Waals surface area contributed by atoms with Crippen LogP contribution < -0.4 is 16.2 Å². The van der Waals surface area contributed by atoms with E-state index in [-0.39, 0.29) is 36.5 Å². The van der Waals surface area contributed by atoms with Gasteiger partial charge in [-0.15, -0.1) is 0 Å². The molecule has 0 radical (unpaired) electrons. The molecule has 1 saturated heterocycles. The van der Waals surface area contributed by atoms with Crippen LogP contribution >= 0.6 is 0 Å². The molecule has 0 spiro atoms. The number of amides is 1. The lowest BCUT2D eigenvalue weighted by Crippen LogP contribution is -2.40. The highest BCUT2D eigenvalue weighted by Gasteiger charge is 2.30. The molecule has 4 aromatic rings. The fourth-order valence-electron chi connectivity index (χ4n) is 4.73. The van der Waals surface area contributed by atoms with Crippen molar-refractivity contribution in [1.29, 1.82) is 0 Å². The van der Waals surface area contributed by atoms with Crippen molar-refractivity contribution in [3.63, 3.8) is 0 Å². The quantitative estimate of drug-likeness (QED) is 0.426. The first-order valence-electron chi connectivity index (χ1n) is 11.7. The first-order valence-corrected chi connectivity index (χ1v) is 11.7. The van der Waals surface area contributed by atoms with Crippen molar-refractivity contribution in [3.05, 3.63) is 77.3 Å². The Morgan fingerprint density at radius 3 is 2.57 bits per heavy atom. The standard InChI is InChI=1S/C26H27N5O4/c27-25-24-22(12-14-28-25)30(17-19-5-4-15-29(19)23(33)13-16-32)26(34)31(24)18-8-10-21(11-9-18)35-20-6-2-1-3-7-20/h1-3,6-12,14,19,32H,4-5,13,15-17H2,(H2,27,28). The number of anilines is 1. The van der Waals surface area contributed by atoms with Gasteiger partial charge >= 0.3 is 5.69 Å². The van der Waals surface area contributed by atoms with Gasteiger partial charge in [0.25, 0.3) is 0 Å². The molecule has 0 saturated carbocycles. The summed E-state index contributed by atoms with van der Waals surface area (Å²) in [6, 6.07) is 18.3. The molecule has 1 unspecified atom stereocenters. The van der Waals surface area contributed by atoms with Crippen LogP contribution in [0.15, 0.2) is 71.7 Å². The van der Waals surface area contributed by atoms with Gasteiger partial charge in [0.2, 0.25) is 5.91 Å². The third-order valence-corrected chi connectivity index (χ3v) is 6.36. The van der Waals surface area contributed by atoms with E-state index in [2.05, 4.69) is 4.98 Å². The summed E-state index contributed by atoms with van der Waals surface area (Å²) in [7, 11) is 0. The molecule has 1 atom stereocenters. The molecule has 9 nitrogen and oxygen atoms in total. The number of carbonyl (C=O) groups is 1. The monoisotopic (exact) mass is 473 g/mol. The van der Waals surface area contributed by atoms with Crippen LogP contribution in [0.2, 0.25) is 0 Å². The zero-order valence-electron chi connectivity index (χ0n) is 19.2. The summed E-state index contributed by atoms with van der Waals surface area (Å²) in [6.45, 7) is 0.787. The summed E-state index contributed by atoms with van der Waals surface area (Å²) in [6.07, 6.45) is 3.32. The molecule has 1 aliphatic rings. The Bertz CT molecular complexity index is 1400. The van der Waals surface area contributed by atoms with Crippen molar-refractivity contribution in [2.45, 2.75) is 31.8 Å². The predicted octanol–water partition coefficient (Wildman–Crippen LogP) is 2.94. The first kappa shape index (κ1) is 22.7. The van der Waals surface area contributed by atoms with Crippen LogP contribution in [0, 0.1) is 0 Å². The fourth-order valence-corrected chi connectivity index (χ4v) is 4.73. The van der Waals surface area contributed by atoms with E-state index in [9.17, 15) is 14.7 Å². The van der Waals surface area contributed by atoms with E-state index < -0.39 is 0 Å². The van der Waals surface area contributed by atoms with E-state index in [1.807, 2.05) is 42.5 Å². The zero-order chi connectivity index (χ0) is 24.4. The van der Waals surface area contributed by atoms with Gasteiger partial charge in [-0.25, -0.2) is 9.78 Å². The number of aliphatic hydroxyl groups is 1. The number of pyridine rings is 1. The zero-order valence-corrected chi connectivity index (χ0v) is 19.2. The summed E-state index contributed by atoms with van der Waals surface area (Å²) in [5, 5.41) is 9.18. The number of nitrogens with zero attached hydrogens (tertiary/aromatic N) is 4. The first-order chi connectivity index (χ1) is 17.1. The fraction of sp³-hybridized carbons (Fsp3) is 0.269. The number of imidazole rings is 1. The highest BCUT2D eigenvalue weighted by Crippen LogP contribution is 2.27. The van der Waals surface area contributed by atoms with E-state index >= 15 is 0 Å². The van der Waals surface area contributed by atoms with Crippen molar-refractivity contribution in [2.75, 3.05) is 18.9 Å². The normalized spacial score (nSPS) is 15.6. The second kappa shape index (κ2) is 9.63. The van der Waals surface area contributed by atoms with E-state index in [0.717, 1.165) is 18.6 Å². The van der Waals surface area contributed by atoms with Crippen molar-refractivity contribution < 1.29 is 14.6 Å². The largest absolute Gasteiger partial charge is 0.457 e. The van der Waals surface area contributed by atoms with E-state index in [1.54, 1.807) is 38.4 Å². The molecule has 9 heteroatoms. The van der Waals surface area contributed by atoms with Gasteiger partial charge in [-0.3, -0.25) is 13.9 Å². The van der Waals surface area contributed by atoms with E-state index in [1.165, 1.54) is 0 Å². The van der Waals surface area contributed by atoms with Gasteiger partial charge in [-0.2, -0.15) is 0 Å². The SMILES string of the molecule is Nc1nccc2c1n(-c1ccc(Oc3ccccc3)cc1)c(=O)n2CC1CCCN1C(=O)CCO. The minimum Gasteiger partial charge on any atom is -0.457 e. The Kier molecular flexibility index (Phi) is 6.24. The molecule has 2 aromatic heterocycles. The lowest BCUT2D eigenvalue weighted by Gasteiger charge is -2.24. The molecule has 180 valence electrons. The number of hydrogen-bond acceptors (Lipinski definition) is 6. The molecular weight excluding hydrogens is 446 g/mol. The van der Waals surface area contributed by atoms with Crippen LogP contribution in [0.1, 0.15) is 19.3 Å². The van der Waals surface area contributed by atoms with Crippen LogP contribution in [-0.2, 0) is 11.3 Å². The molecule has 0 bridgehead atoms. The summed E-state index contributed by atoms with van der Waals surface area (Å²) in [5.41, 5.74) is 7.81. The molecule has 1 fully saturated rings. The predicted molar refractivity (Wildman–Crippen MR) is 133 cm³/mol. The van der Waals surface area contributed by atoms with Crippen molar-refractivity contribution >= 4 is 22.8 Å². The second-order valence-electron chi connectivity index (χ2n) is 8.56. The number of carbonyl (C=O) groups excluding carboxylic acids is 1.